The van der Waals surface area contributed by atoms with Crippen LogP contribution in [0.2, 0.25) is 0 Å². The van der Waals surface area contributed by atoms with Crippen LogP contribution < -0.4 is 5.32 Å². The molecule has 4 heteroatoms. The average molecular weight is 247 g/mol. The van der Waals surface area contributed by atoms with Crippen molar-refractivity contribution in [2.24, 2.45) is 7.05 Å². The van der Waals surface area contributed by atoms with Crippen LogP contribution >= 0.6 is 0 Å². The average Bonchev–Trinajstić information content (AvgIpc) is 2.71. The molecule has 0 aliphatic carbocycles. The Morgan fingerprint density at radius 3 is 2.83 bits per heavy atom. The molecule has 96 valence electrons. The van der Waals surface area contributed by atoms with Crippen molar-refractivity contribution in [3.05, 3.63) is 47.0 Å². The first-order valence-electron chi connectivity index (χ1n) is 6.11. The summed E-state index contributed by atoms with van der Waals surface area (Å²) in [5.74, 6) is -0.156. The van der Waals surface area contributed by atoms with Gasteiger partial charge in [-0.2, -0.15) is 5.10 Å². The highest BCUT2D eigenvalue weighted by molar-refractivity contribution is 5.46. The fourth-order valence-electron chi connectivity index (χ4n) is 1.89. The van der Waals surface area contributed by atoms with Crippen LogP contribution in [0.25, 0.3) is 0 Å². The summed E-state index contributed by atoms with van der Waals surface area (Å²) >= 11 is 0. The second kappa shape index (κ2) is 5.21. The zero-order valence-corrected chi connectivity index (χ0v) is 11.0. The van der Waals surface area contributed by atoms with E-state index >= 15 is 0 Å². The number of benzene rings is 1. The van der Waals surface area contributed by atoms with Gasteiger partial charge in [-0.05, 0) is 30.5 Å². The number of halogens is 1. The van der Waals surface area contributed by atoms with Gasteiger partial charge in [0.15, 0.2) is 0 Å². The van der Waals surface area contributed by atoms with Gasteiger partial charge in [-0.25, -0.2) is 4.39 Å². The number of nitrogens with zero attached hydrogens (tertiary/aromatic N) is 2. The lowest BCUT2D eigenvalue weighted by Gasteiger charge is -2.06. The van der Waals surface area contributed by atoms with Crippen molar-refractivity contribution in [1.29, 1.82) is 0 Å². The monoisotopic (exact) mass is 247 g/mol. The molecule has 2 aromatic rings. The molecule has 0 spiro atoms. The zero-order chi connectivity index (χ0) is 13.1. The van der Waals surface area contributed by atoms with E-state index in [1.807, 2.05) is 19.3 Å². The van der Waals surface area contributed by atoms with E-state index in [2.05, 4.69) is 17.3 Å². The van der Waals surface area contributed by atoms with Crippen LogP contribution in [0.3, 0.4) is 0 Å². The standard InChI is InChI=1S/C14H18FN3/c1-4-13-14(9-18(3)17-13)16-8-11-6-5-10(2)12(15)7-11/h5-7,9,16H,4,8H2,1-3H3. The number of nitrogens with one attached hydrogen (secondary N) is 1. The van der Waals surface area contributed by atoms with Crippen molar-refractivity contribution in [2.45, 2.75) is 26.8 Å². The van der Waals surface area contributed by atoms with E-state index in [1.54, 1.807) is 23.7 Å². The molecule has 1 N–H and O–H groups in total. The molecule has 1 aromatic carbocycles. The second-order valence-electron chi connectivity index (χ2n) is 4.45. The highest BCUT2D eigenvalue weighted by Gasteiger charge is 2.05. The lowest BCUT2D eigenvalue weighted by Crippen LogP contribution is -2.01. The predicted molar refractivity (Wildman–Crippen MR) is 71.0 cm³/mol. The van der Waals surface area contributed by atoms with Crippen molar-refractivity contribution in [1.82, 2.24) is 9.78 Å². The molecule has 0 saturated heterocycles. The van der Waals surface area contributed by atoms with Gasteiger partial charge in [-0.3, -0.25) is 4.68 Å². The molecule has 0 aliphatic heterocycles. The first-order chi connectivity index (χ1) is 8.60. The number of aromatic nitrogens is 2. The minimum absolute atomic E-state index is 0.156. The SMILES string of the molecule is CCc1nn(C)cc1NCc1ccc(C)c(F)c1. The molecule has 0 bridgehead atoms. The highest BCUT2D eigenvalue weighted by Crippen LogP contribution is 2.16. The maximum atomic E-state index is 13.4. The van der Waals surface area contributed by atoms with Crippen molar-refractivity contribution in [3.63, 3.8) is 0 Å². The van der Waals surface area contributed by atoms with Gasteiger partial charge in [0.1, 0.15) is 5.82 Å². The largest absolute Gasteiger partial charge is 0.378 e. The van der Waals surface area contributed by atoms with Crippen LogP contribution in [0.15, 0.2) is 24.4 Å². The van der Waals surface area contributed by atoms with Crippen LogP contribution in [0, 0.1) is 12.7 Å². The molecule has 1 heterocycles. The summed E-state index contributed by atoms with van der Waals surface area (Å²) in [4.78, 5) is 0. The summed E-state index contributed by atoms with van der Waals surface area (Å²) in [7, 11) is 1.90. The van der Waals surface area contributed by atoms with Gasteiger partial charge in [-0.15, -0.1) is 0 Å². The van der Waals surface area contributed by atoms with E-state index in [0.29, 0.717) is 12.1 Å². The maximum absolute atomic E-state index is 13.4. The molecular weight excluding hydrogens is 229 g/mol. The summed E-state index contributed by atoms with van der Waals surface area (Å²) in [6.07, 6.45) is 2.83. The Bertz CT molecular complexity index is 546. The van der Waals surface area contributed by atoms with Crippen LogP contribution in [0.5, 0.6) is 0 Å². The lowest BCUT2D eigenvalue weighted by molar-refractivity contribution is 0.616. The first kappa shape index (κ1) is 12.6. The summed E-state index contributed by atoms with van der Waals surface area (Å²) in [6.45, 7) is 4.44. The van der Waals surface area contributed by atoms with Gasteiger partial charge < -0.3 is 5.32 Å². The summed E-state index contributed by atoms with van der Waals surface area (Å²) in [6, 6.07) is 5.31. The van der Waals surface area contributed by atoms with E-state index in [4.69, 9.17) is 0 Å². The second-order valence-corrected chi connectivity index (χ2v) is 4.45. The van der Waals surface area contributed by atoms with E-state index < -0.39 is 0 Å². The summed E-state index contributed by atoms with van der Waals surface area (Å²) in [5.41, 5.74) is 3.66. The summed E-state index contributed by atoms with van der Waals surface area (Å²) in [5, 5.41) is 7.65. The minimum atomic E-state index is -0.156. The minimum Gasteiger partial charge on any atom is -0.378 e. The molecule has 1 aromatic heterocycles. The summed E-state index contributed by atoms with van der Waals surface area (Å²) < 4.78 is 15.2. The van der Waals surface area contributed by atoms with Gasteiger partial charge in [0.25, 0.3) is 0 Å². The lowest BCUT2D eigenvalue weighted by atomic mass is 10.1. The molecule has 0 atom stereocenters. The van der Waals surface area contributed by atoms with Crippen molar-refractivity contribution in [2.75, 3.05) is 5.32 Å². The fraction of sp³-hybridized carbons (Fsp3) is 0.357. The predicted octanol–water partition coefficient (Wildman–Crippen LogP) is 3.04. The molecule has 0 unspecified atom stereocenters. The number of hydrogen-bond acceptors (Lipinski definition) is 2. The Morgan fingerprint density at radius 2 is 2.17 bits per heavy atom. The number of anilines is 1. The van der Waals surface area contributed by atoms with Gasteiger partial charge in [-0.1, -0.05) is 19.1 Å². The zero-order valence-electron chi connectivity index (χ0n) is 11.0. The maximum Gasteiger partial charge on any atom is 0.126 e. The Hall–Kier alpha value is -1.84. The molecule has 0 aliphatic rings. The van der Waals surface area contributed by atoms with E-state index in [1.165, 1.54) is 0 Å². The number of hydrogen-bond donors (Lipinski definition) is 1. The molecular formula is C14H18FN3. The number of rotatable bonds is 4. The van der Waals surface area contributed by atoms with Crippen LogP contribution in [0.4, 0.5) is 10.1 Å². The molecule has 18 heavy (non-hydrogen) atoms. The van der Waals surface area contributed by atoms with Crippen molar-refractivity contribution < 1.29 is 4.39 Å². The quantitative estimate of drug-likeness (QED) is 0.900. The van der Waals surface area contributed by atoms with Gasteiger partial charge in [0.05, 0.1) is 11.4 Å². The molecule has 0 fully saturated rings. The van der Waals surface area contributed by atoms with E-state index in [0.717, 1.165) is 23.4 Å². The first-order valence-corrected chi connectivity index (χ1v) is 6.11. The van der Waals surface area contributed by atoms with Crippen molar-refractivity contribution >= 4 is 5.69 Å². The Labute approximate surface area is 107 Å². The van der Waals surface area contributed by atoms with Crippen LogP contribution in [-0.4, -0.2) is 9.78 Å². The topological polar surface area (TPSA) is 29.9 Å². The van der Waals surface area contributed by atoms with Crippen LogP contribution in [-0.2, 0) is 20.0 Å². The third-order valence-electron chi connectivity index (χ3n) is 2.96. The third kappa shape index (κ3) is 2.70. The Morgan fingerprint density at radius 1 is 1.39 bits per heavy atom. The third-order valence-corrected chi connectivity index (χ3v) is 2.96. The Balaban J connectivity index is 2.08. The van der Waals surface area contributed by atoms with Gasteiger partial charge >= 0.3 is 0 Å². The van der Waals surface area contributed by atoms with E-state index in [9.17, 15) is 4.39 Å². The van der Waals surface area contributed by atoms with E-state index in [-0.39, 0.29) is 5.82 Å². The smallest absolute Gasteiger partial charge is 0.126 e. The van der Waals surface area contributed by atoms with Crippen LogP contribution in [0.1, 0.15) is 23.7 Å². The molecule has 2 rings (SSSR count). The highest BCUT2D eigenvalue weighted by atomic mass is 19.1. The normalized spacial score (nSPS) is 10.7. The molecule has 0 amide bonds. The molecule has 0 radical (unpaired) electrons. The molecule has 0 saturated carbocycles. The Kier molecular flexibility index (Phi) is 3.65. The fourth-order valence-corrected chi connectivity index (χ4v) is 1.89. The van der Waals surface area contributed by atoms with Crippen molar-refractivity contribution in [3.8, 4) is 0 Å². The van der Waals surface area contributed by atoms with Gasteiger partial charge in [0.2, 0.25) is 0 Å². The van der Waals surface area contributed by atoms with Gasteiger partial charge in [0, 0.05) is 19.8 Å². The number of aryl methyl sites for hydroxylation is 3. The molecule has 3 nitrogen and oxygen atoms in total.